The topological polar surface area (TPSA) is 9.23 Å². The Labute approximate surface area is 92.3 Å². The Morgan fingerprint density at radius 2 is 1.43 bits per heavy atom. The first-order chi connectivity index (χ1) is 6.29. The van der Waals surface area contributed by atoms with Gasteiger partial charge in [0.05, 0.1) is 15.1 Å². The van der Waals surface area contributed by atoms with Crippen LogP contribution in [0, 0.1) is 0 Å². The second-order valence-electron chi connectivity index (χ2n) is 2.25. The van der Waals surface area contributed by atoms with Crippen LogP contribution in [0.15, 0.2) is 12.1 Å². The van der Waals surface area contributed by atoms with Crippen LogP contribution in [0.4, 0.5) is 13.2 Å². The molecule has 1 rings (SSSR count). The zero-order chi connectivity index (χ0) is 10.9. The fraction of sp³-hybridized carbons (Fsp3) is 0.143. The van der Waals surface area contributed by atoms with Gasteiger partial charge in [0.15, 0.2) is 0 Å². The van der Waals surface area contributed by atoms with E-state index in [0.717, 1.165) is 12.1 Å². The minimum Gasteiger partial charge on any atom is -0.406 e. The summed E-state index contributed by atoms with van der Waals surface area (Å²) in [5.41, 5.74) is 0. The van der Waals surface area contributed by atoms with Crippen molar-refractivity contribution in [2.24, 2.45) is 0 Å². The minimum atomic E-state index is -4.78. The van der Waals surface area contributed by atoms with Gasteiger partial charge in [-0.1, -0.05) is 34.8 Å². The van der Waals surface area contributed by atoms with Gasteiger partial charge in [-0.3, -0.25) is 0 Å². The minimum absolute atomic E-state index is 0.0112. The lowest BCUT2D eigenvalue weighted by atomic mass is 10.3. The molecule has 0 aliphatic carbocycles. The van der Waals surface area contributed by atoms with Crippen molar-refractivity contribution in [1.29, 1.82) is 0 Å². The molecule has 0 aliphatic rings. The lowest BCUT2D eigenvalue weighted by Gasteiger charge is -2.09. The van der Waals surface area contributed by atoms with Crippen LogP contribution in [-0.4, -0.2) is 6.36 Å². The van der Waals surface area contributed by atoms with Crippen molar-refractivity contribution in [1.82, 2.24) is 0 Å². The summed E-state index contributed by atoms with van der Waals surface area (Å²) in [5.74, 6) is -0.503. The molecule has 1 aromatic rings. The van der Waals surface area contributed by atoms with E-state index in [1.165, 1.54) is 0 Å². The van der Waals surface area contributed by atoms with Gasteiger partial charge < -0.3 is 4.74 Å². The Hall–Kier alpha value is -0.320. The lowest BCUT2D eigenvalue weighted by molar-refractivity contribution is -0.274. The smallest absolute Gasteiger partial charge is 0.406 e. The average molecular weight is 265 g/mol. The van der Waals surface area contributed by atoms with Crippen LogP contribution in [-0.2, 0) is 0 Å². The molecule has 0 spiro atoms. The highest BCUT2D eigenvalue weighted by molar-refractivity contribution is 6.48. The number of hydrogen-bond acceptors (Lipinski definition) is 1. The molecule has 0 unspecified atom stereocenters. The van der Waals surface area contributed by atoms with E-state index in [-0.39, 0.29) is 15.1 Å². The van der Waals surface area contributed by atoms with Gasteiger partial charge in [0.2, 0.25) is 0 Å². The van der Waals surface area contributed by atoms with Gasteiger partial charge >= 0.3 is 6.36 Å². The fourth-order valence-corrected chi connectivity index (χ4v) is 1.30. The van der Waals surface area contributed by atoms with Crippen molar-refractivity contribution in [3.63, 3.8) is 0 Å². The average Bonchev–Trinajstić information content (AvgIpc) is 1.96. The summed E-state index contributed by atoms with van der Waals surface area (Å²) < 4.78 is 38.9. The van der Waals surface area contributed by atoms with Gasteiger partial charge in [0.25, 0.3) is 0 Å². The molecule has 0 fully saturated rings. The van der Waals surface area contributed by atoms with Crippen molar-refractivity contribution in [3.8, 4) is 5.75 Å². The number of halogens is 6. The SMILES string of the molecule is FC(F)(F)Oc1cc(Cl)c(Cl)c(Cl)c1. The van der Waals surface area contributed by atoms with Gasteiger partial charge in [-0.05, 0) is 0 Å². The van der Waals surface area contributed by atoms with Gasteiger partial charge in [0.1, 0.15) is 5.75 Å². The molecule has 14 heavy (non-hydrogen) atoms. The molecule has 1 aromatic carbocycles. The molecule has 78 valence electrons. The van der Waals surface area contributed by atoms with Crippen LogP contribution in [0.5, 0.6) is 5.75 Å². The van der Waals surface area contributed by atoms with Crippen LogP contribution < -0.4 is 4.74 Å². The summed E-state index contributed by atoms with van der Waals surface area (Å²) in [7, 11) is 0. The zero-order valence-electron chi connectivity index (χ0n) is 6.33. The predicted molar refractivity (Wildman–Crippen MR) is 48.2 cm³/mol. The maximum Gasteiger partial charge on any atom is 0.573 e. The predicted octanol–water partition coefficient (Wildman–Crippen LogP) is 4.55. The van der Waals surface area contributed by atoms with Crippen LogP contribution >= 0.6 is 34.8 Å². The van der Waals surface area contributed by atoms with Crippen LogP contribution in [0.3, 0.4) is 0 Å². The summed E-state index contributed by atoms with van der Waals surface area (Å²) in [6, 6.07) is 1.87. The van der Waals surface area contributed by atoms with E-state index >= 15 is 0 Å². The largest absolute Gasteiger partial charge is 0.573 e. The third-order valence-corrected chi connectivity index (χ3v) is 2.39. The van der Waals surface area contributed by atoms with Crippen LogP contribution in [0.25, 0.3) is 0 Å². The lowest BCUT2D eigenvalue weighted by Crippen LogP contribution is -2.17. The molecule has 7 heteroatoms. The van der Waals surface area contributed by atoms with E-state index < -0.39 is 12.1 Å². The van der Waals surface area contributed by atoms with E-state index in [1.807, 2.05) is 0 Å². The summed E-state index contributed by atoms with van der Waals surface area (Å²) in [6.07, 6.45) is -4.78. The van der Waals surface area contributed by atoms with Gasteiger partial charge in [-0.15, -0.1) is 13.2 Å². The molecule has 0 amide bonds. The van der Waals surface area contributed by atoms with Gasteiger partial charge in [-0.25, -0.2) is 0 Å². The molecule has 0 bridgehead atoms. The standard InChI is InChI=1S/C7H2Cl3F3O/c8-4-1-3(14-7(11,12)13)2-5(9)6(4)10/h1-2H. The van der Waals surface area contributed by atoms with Gasteiger partial charge in [-0.2, -0.15) is 0 Å². The van der Waals surface area contributed by atoms with E-state index in [0.29, 0.717) is 0 Å². The van der Waals surface area contributed by atoms with E-state index in [1.54, 1.807) is 0 Å². The number of alkyl halides is 3. The highest BCUT2D eigenvalue weighted by Crippen LogP contribution is 2.35. The van der Waals surface area contributed by atoms with E-state index in [4.69, 9.17) is 34.8 Å². The molecule has 0 N–H and O–H groups in total. The summed E-state index contributed by atoms with van der Waals surface area (Å²) >= 11 is 16.5. The molecule has 0 radical (unpaired) electrons. The summed E-state index contributed by atoms with van der Waals surface area (Å²) in [4.78, 5) is 0. The molecule has 1 nitrogen and oxygen atoms in total. The number of hydrogen-bond donors (Lipinski definition) is 0. The van der Waals surface area contributed by atoms with Crippen LogP contribution in [0.2, 0.25) is 15.1 Å². The molecule has 0 saturated heterocycles. The van der Waals surface area contributed by atoms with Crippen molar-refractivity contribution >= 4 is 34.8 Å². The molecule has 0 saturated carbocycles. The second kappa shape index (κ2) is 4.04. The Balaban J connectivity index is 3.02. The normalized spacial score (nSPS) is 11.6. The monoisotopic (exact) mass is 264 g/mol. The molecule has 0 atom stereocenters. The summed E-state index contributed by atoms with van der Waals surface area (Å²) in [6.45, 7) is 0. The molecule has 0 heterocycles. The van der Waals surface area contributed by atoms with Crippen molar-refractivity contribution in [3.05, 3.63) is 27.2 Å². The highest BCUT2D eigenvalue weighted by Gasteiger charge is 2.31. The Morgan fingerprint density at radius 1 is 1.00 bits per heavy atom. The fourth-order valence-electron chi connectivity index (χ4n) is 0.725. The van der Waals surface area contributed by atoms with Crippen LogP contribution in [0.1, 0.15) is 0 Å². The summed E-state index contributed by atoms with van der Waals surface area (Å²) in [5, 5.41) is -0.209. The molecular weight excluding hydrogens is 263 g/mol. The second-order valence-corrected chi connectivity index (χ2v) is 3.44. The van der Waals surface area contributed by atoms with E-state index in [2.05, 4.69) is 4.74 Å². The third-order valence-electron chi connectivity index (χ3n) is 1.19. The first-order valence-corrected chi connectivity index (χ1v) is 4.33. The number of benzene rings is 1. The third kappa shape index (κ3) is 3.12. The molecule has 0 aliphatic heterocycles. The molecular formula is C7H2Cl3F3O. The van der Waals surface area contributed by atoms with Crippen molar-refractivity contribution < 1.29 is 17.9 Å². The highest BCUT2D eigenvalue weighted by atomic mass is 35.5. The van der Waals surface area contributed by atoms with Gasteiger partial charge in [0, 0.05) is 12.1 Å². The Kier molecular flexibility index (Phi) is 3.40. The first kappa shape index (κ1) is 11.8. The Morgan fingerprint density at radius 3 is 1.79 bits per heavy atom. The van der Waals surface area contributed by atoms with Crippen molar-refractivity contribution in [2.45, 2.75) is 6.36 Å². The molecule has 0 aromatic heterocycles. The van der Waals surface area contributed by atoms with E-state index in [9.17, 15) is 13.2 Å². The van der Waals surface area contributed by atoms with Crippen molar-refractivity contribution in [2.75, 3.05) is 0 Å². The number of rotatable bonds is 1. The zero-order valence-corrected chi connectivity index (χ0v) is 8.60. The maximum absolute atomic E-state index is 11.8. The Bertz CT molecular complexity index is 328. The quantitative estimate of drug-likeness (QED) is 0.677. The number of ether oxygens (including phenoxy) is 1. The maximum atomic E-state index is 11.8. The first-order valence-electron chi connectivity index (χ1n) is 3.20.